The van der Waals surface area contributed by atoms with Crippen molar-refractivity contribution in [3.63, 3.8) is 0 Å². The predicted octanol–water partition coefficient (Wildman–Crippen LogP) is 3.70. The fourth-order valence-corrected chi connectivity index (χ4v) is 2.41. The lowest BCUT2D eigenvalue weighted by atomic mass is 10.1. The van der Waals surface area contributed by atoms with E-state index in [4.69, 9.17) is 10.5 Å². The number of nitrogens with zero attached hydrogens (tertiary/aromatic N) is 5. The van der Waals surface area contributed by atoms with Gasteiger partial charge in [0.25, 0.3) is 0 Å². The molecular formula is C19H12FN5. The zero-order chi connectivity index (χ0) is 17.6. The number of aromatic nitrogens is 2. The first-order valence-corrected chi connectivity index (χ1v) is 7.42. The number of hydrogen-bond acceptors (Lipinski definition) is 5. The third-order valence-corrected chi connectivity index (χ3v) is 3.66. The molecule has 0 radical (unpaired) electrons. The molecule has 0 unspecified atom stereocenters. The molecule has 0 aliphatic heterocycles. The normalized spacial score (nSPS) is 9.88. The largest absolute Gasteiger partial charge is 0.334 e. The highest BCUT2D eigenvalue weighted by atomic mass is 19.1. The van der Waals surface area contributed by atoms with Gasteiger partial charge in [0.15, 0.2) is 0 Å². The molecule has 1 heterocycles. The molecule has 0 spiro atoms. The molecule has 5 nitrogen and oxygen atoms in total. The van der Waals surface area contributed by atoms with Crippen molar-refractivity contribution < 1.29 is 4.39 Å². The number of anilines is 2. The number of rotatable bonds is 4. The van der Waals surface area contributed by atoms with Crippen LogP contribution in [0.3, 0.4) is 0 Å². The average Bonchev–Trinajstić information content (AvgIpc) is 2.67. The highest BCUT2D eigenvalue weighted by Crippen LogP contribution is 2.27. The van der Waals surface area contributed by atoms with Crippen LogP contribution in [-0.4, -0.2) is 9.97 Å². The third-order valence-electron chi connectivity index (χ3n) is 3.66. The zero-order valence-electron chi connectivity index (χ0n) is 13.1. The van der Waals surface area contributed by atoms with Crippen LogP contribution in [0.2, 0.25) is 0 Å². The molecule has 0 aliphatic carbocycles. The van der Waals surface area contributed by atoms with Crippen LogP contribution in [0, 0.1) is 28.5 Å². The highest BCUT2D eigenvalue weighted by molar-refractivity contribution is 5.62. The van der Waals surface area contributed by atoms with Crippen molar-refractivity contribution in [3.8, 4) is 12.1 Å². The maximum absolute atomic E-state index is 13.9. The van der Waals surface area contributed by atoms with E-state index >= 15 is 0 Å². The van der Waals surface area contributed by atoms with Gasteiger partial charge in [-0.05, 0) is 42.0 Å². The van der Waals surface area contributed by atoms with Crippen molar-refractivity contribution in [2.75, 3.05) is 4.90 Å². The van der Waals surface area contributed by atoms with E-state index in [0.717, 1.165) is 11.4 Å². The summed E-state index contributed by atoms with van der Waals surface area (Å²) < 4.78 is 13.9. The molecule has 0 fully saturated rings. The molecule has 0 amide bonds. The second-order valence-electron chi connectivity index (χ2n) is 5.27. The van der Waals surface area contributed by atoms with Gasteiger partial charge >= 0.3 is 0 Å². The Labute approximate surface area is 144 Å². The smallest absolute Gasteiger partial charge is 0.141 e. The van der Waals surface area contributed by atoms with Crippen LogP contribution in [0.4, 0.5) is 15.8 Å². The molecule has 6 heteroatoms. The molecule has 120 valence electrons. The van der Waals surface area contributed by atoms with Gasteiger partial charge in [-0.1, -0.05) is 6.07 Å². The summed E-state index contributed by atoms with van der Waals surface area (Å²) >= 11 is 0. The van der Waals surface area contributed by atoms with Crippen molar-refractivity contribution in [2.45, 2.75) is 6.54 Å². The maximum Gasteiger partial charge on any atom is 0.141 e. The van der Waals surface area contributed by atoms with Crippen LogP contribution in [0.15, 0.2) is 61.2 Å². The summed E-state index contributed by atoms with van der Waals surface area (Å²) in [7, 11) is 0. The topological polar surface area (TPSA) is 76.6 Å². The summed E-state index contributed by atoms with van der Waals surface area (Å²) in [4.78, 5) is 9.96. The van der Waals surface area contributed by atoms with Gasteiger partial charge < -0.3 is 4.90 Å². The molecular weight excluding hydrogens is 317 g/mol. The van der Waals surface area contributed by atoms with Gasteiger partial charge in [-0.25, -0.2) is 14.4 Å². The first-order chi connectivity index (χ1) is 12.2. The van der Waals surface area contributed by atoms with Crippen LogP contribution in [-0.2, 0) is 6.54 Å². The van der Waals surface area contributed by atoms with E-state index in [9.17, 15) is 4.39 Å². The lowest BCUT2D eigenvalue weighted by Crippen LogP contribution is -2.17. The minimum absolute atomic E-state index is 0.0108. The van der Waals surface area contributed by atoms with Gasteiger partial charge in [-0.2, -0.15) is 10.5 Å². The van der Waals surface area contributed by atoms with E-state index in [1.165, 1.54) is 18.5 Å². The Kier molecular flexibility index (Phi) is 4.64. The van der Waals surface area contributed by atoms with E-state index in [-0.39, 0.29) is 5.56 Å². The van der Waals surface area contributed by atoms with Crippen LogP contribution in [0.1, 0.15) is 16.7 Å². The lowest BCUT2D eigenvalue weighted by molar-refractivity contribution is 0.621. The van der Waals surface area contributed by atoms with E-state index < -0.39 is 5.82 Å². The molecule has 0 N–H and O–H groups in total. The summed E-state index contributed by atoms with van der Waals surface area (Å²) in [5, 5.41) is 17.8. The molecule has 3 rings (SSSR count). The molecule has 1 aromatic heterocycles. The van der Waals surface area contributed by atoms with E-state index in [1.807, 2.05) is 23.1 Å². The van der Waals surface area contributed by atoms with Crippen molar-refractivity contribution in [1.82, 2.24) is 9.97 Å². The SMILES string of the molecule is N#Cc1ccc(N(Cc2ccc(C#N)c(F)c2)c2cncnc2)cc1. The van der Waals surface area contributed by atoms with E-state index in [1.54, 1.807) is 30.6 Å². The standard InChI is InChI=1S/C19H12FN5/c20-19-7-15(1-4-16(19)9-22)12-25(18-10-23-13-24-11-18)17-5-2-14(8-21)3-6-17/h1-7,10-11,13H,12H2. The van der Waals surface area contributed by atoms with Crippen LogP contribution >= 0.6 is 0 Å². The molecule has 0 saturated carbocycles. The zero-order valence-corrected chi connectivity index (χ0v) is 13.1. The monoisotopic (exact) mass is 329 g/mol. The fourth-order valence-electron chi connectivity index (χ4n) is 2.41. The van der Waals surface area contributed by atoms with Gasteiger partial charge in [0, 0.05) is 12.2 Å². The summed E-state index contributed by atoms with van der Waals surface area (Å²) in [6, 6.07) is 15.5. The third kappa shape index (κ3) is 3.60. The van der Waals surface area contributed by atoms with Crippen LogP contribution < -0.4 is 4.90 Å². The van der Waals surface area contributed by atoms with Gasteiger partial charge in [-0.3, -0.25) is 0 Å². The first kappa shape index (κ1) is 16.1. The number of hydrogen-bond donors (Lipinski definition) is 0. The van der Waals surface area contributed by atoms with Crippen molar-refractivity contribution in [3.05, 3.63) is 83.7 Å². The van der Waals surface area contributed by atoms with Crippen LogP contribution in [0.25, 0.3) is 0 Å². The molecule has 0 atom stereocenters. The molecule has 0 saturated heterocycles. The average molecular weight is 329 g/mol. The Morgan fingerprint density at radius 3 is 2.24 bits per heavy atom. The summed E-state index contributed by atoms with van der Waals surface area (Å²) in [5.74, 6) is -0.552. The van der Waals surface area contributed by atoms with Crippen LogP contribution in [0.5, 0.6) is 0 Å². The maximum atomic E-state index is 13.9. The minimum atomic E-state index is -0.552. The van der Waals surface area contributed by atoms with Crippen molar-refractivity contribution in [1.29, 1.82) is 10.5 Å². The van der Waals surface area contributed by atoms with Gasteiger partial charge in [0.05, 0.1) is 35.3 Å². The molecule has 3 aromatic rings. The molecule has 25 heavy (non-hydrogen) atoms. The summed E-state index contributed by atoms with van der Waals surface area (Å²) in [6.45, 7) is 0.363. The van der Waals surface area contributed by atoms with Gasteiger partial charge in [-0.15, -0.1) is 0 Å². The first-order valence-electron chi connectivity index (χ1n) is 7.42. The Bertz CT molecular complexity index is 956. The minimum Gasteiger partial charge on any atom is -0.334 e. The van der Waals surface area contributed by atoms with Crippen molar-refractivity contribution in [2.24, 2.45) is 0 Å². The number of nitriles is 2. The summed E-state index contributed by atoms with van der Waals surface area (Å²) in [6.07, 6.45) is 4.75. The molecule has 2 aromatic carbocycles. The molecule has 0 aliphatic rings. The fraction of sp³-hybridized carbons (Fsp3) is 0.0526. The molecule has 0 bridgehead atoms. The predicted molar refractivity (Wildman–Crippen MR) is 90.1 cm³/mol. The number of benzene rings is 2. The summed E-state index contributed by atoms with van der Waals surface area (Å²) in [5.41, 5.74) is 2.81. The lowest BCUT2D eigenvalue weighted by Gasteiger charge is -2.24. The van der Waals surface area contributed by atoms with Crippen molar-refractivity contribution >= 4 is 11.4 Å². The Morgan fingerprint density at radius 1 is 0.920 bits per heavy atom. The second kappa shape index (κ2) is 7.20. The van der Waals surface area contributed by atoms with E-state index in [2.05, 4.69) is 16.0 Å². The van der Waals surface area contributed by atoms with Gasteiger partial charge in [0.2, 0.25) is 0 Å². The Hall–Kier alpha value is -3.77. The second-order valence-corrected chi connectivity index (χ2v) is 5.27. The Balaban J connectivity index is 1.98. The number of halogens is 1. The highest BCUT2D eigenvalue weighted by Gasteiger charge is 2.12. The quantitative estimate of drug-likeness (QED) is 0.729. The Morgan fingerprint density at radius 2 is 1.64 bits per heavy atom. The van der Waals surface area contributed by atoms with Gasteiger partial charge in [0.1, 0.15) is 18.2 Å². The van der Waals surface area contributed by atoms with E-state index in [0.29, 0.717) is 17.7 Å².